The normalized spacial score (nSPS) is 11.2. The van der Waals surface area contributed by atoms with Crippen LogP contribution in [-0.2, 0) is 9.59 Å². The van der Waals surface area contributed by atoms with Gasteiger partial charge in [0.2, 0.25) is 11.8 Å². The molecule has 4 N–H and O–H groups in total. The number of carbonyl (C=O) groups is 3. The summed E-state index contributed by atoms with van der Waals surface area (Å²) >= 11 is 0. The minimum Gasteiger partial charge on any atom is -0.349 e. The predicted molar refractivity (Wildman–Crippen MR) is 106 cm³/mol. The summed E-state index contributed by atoms with van der Waals surface area (Å²) in [5.41, 5.74) is 3.08. The summed E-state index contributed by atoms with van der Waals surface area (Å²) in [6.07, 6.45) is 0.0930. The number of urea groups is 1. The molecule has 2 aromatic rings. The summed E-state index contributed by atoms with van der Waals surface area (Å²) in [4.78, 5) is 35.4. The van der Waals surface area contributed by atoms with Gasteiger partial charge in [-0.05, 0) is 30.7 Å². The third kappa shape index (κ3) is 6.47. The second kappa shape index (κ2) is 9.38. The zero-order valence-electron chi connectivity index (χ0n) is 15.6. The molecule has 0 saturated carbocycles. The Morgan fingerprint density at radius 2 is 1.59 bits per heavy atom. The van der Waals surface area contributed by atoms with Crippen LogP contribution >= 0.6 is 0 Å². The molecule has 0 saturated heterocycles. The third-order valence-corrected chi connectivity index (χ3v) is 3.88. The van der Waals surface area contributed by atoms with E-state index in [-0.39, 0.29) is 24.3 Å². The molecule has 142 valence electrons. The molecule has 7 nitrogen and oxygen atoms in total. The van der Waals surface area contributed by atoms with Crippen LogP contribution in [0.1, 0.15) is 30.5 Å². The van der Waals surface area contributed by atoms with E-state index in [1.807, 2.05) is 31.2 Å². The van der Waals surface area contributed by atoms with Crippen molar-refractivity contribution in [3.63, 3.8) is 0 Å². The standard InChI is InChI=1S/C20H24N4O3/c1-13-7-9-15(10-8-13)18(22-14(2)25)12-19(26)23-16-5-4-6-17(11-16)24-20(27)21-3/h4-11,18H,12H2,1-3H3,(H,22,25)(H,23,26)(H2,21,24,27). The average molecular weight is 368 g/mol. The monoisotopic (exact) mass is 368 g/mol. The molecule has 0 aliphatic carbocycles. The molecule has 0 spiro atoms. The van der Waals surface area contributed by atoms with Crippen LogP contribution < -0.4 is 21.3 Å². The second-order valence-electron chi connectivity index (χ2n) is 6.20. The molecular formula is C20H24N4O3. The molecule has 0 aromatic heterocycles. The van der Waals surface area contributed by atoms with Gasteiger partial charge in [-0.2, -0.15) is 0 Å². The van der Waals surface area contributed by atoms with Crippen LogP contribution in [0.3, 0.4) is 0 Å². The molecule has 2 aromatic carbocycles. The van der Waals surface area contributed by atoms with E-state index in [1.165, 1.54) is 14.0 Å². The Balaban J connectivity index is 2.07. The SMILES string of the molecule is CNC(=O)Nc1cccc(NC(=O)CC(NC(C)=O)c2ccc(C)cc2)c1. The lowest BCUT2D eigenvalue weighted by Crippen LogP contribution is -2.29. The van der Waals surface area contributed by atoms with Crippen molar-refractivity contribution < 1.29 is 14.4 Å². The first-order valence-electron chi connectivity index (χ1n) is 8.59. The van der Waals surface area contributed by atoms with Gasteiger partial charge in [0, 0.05) is 25.3 Å². The Morgan fingerprint density at radius 3 is 2.19 bits per heavy atom. The molecule has 0 fully saturated rings. The fraction of sp³-hybridized carbons (Fsp3) is 0.250. The van der Waals surface area contributed by atoms with Crippen molar-refractivity contribution in [1.29, 1.82) is 0 Å². The Labute approximate surface area is 158 Å². The number of hydrogen-bond acceptors (Lipinski definition) is 3. The number of amides is 4. The molecule has 4 amide bonds. The number of hydrogen-bond donors (Lipinski definition) is 4. The van der Waals surface area contributed by atoms with Gasteiger partial charge < -0.3 is 21.3 Å². The highest BCUT2D eigenvalue weighted by atomic mass is 16.2. The first-order valence-corrected chi connectivity index (χ1v) is 8.59. The zero-order chi connectivity index (χ0) is 19.8. The second-order valence-corrected chi connectivity index (χ2v) is 6.20. The van der Waals surface area contributed by atoms with E-state index in [1.54, 1.807) is 24.3 Å². The van der Waals surface area contributed by atoms with E-state index in [9.17, 15) is 14.4 Å². The van der Waals surface area contributed by atoms with Gasteiger partial charge in [-0.1, -0.05) is 35.9 Å². The lowest BCUT2D eigenvalue weighted by Gasteiger charge is -2.18. The van der Waals surface area contributed by atoms with Gasteiger partial charge in [-0.15, -0.1) is 0 Å². The third-order valence-electron chi connectivity index (χ3n) is 3.88. The van der Waals surface area contributed by atoms with Gasteiger partial charge in [-0.3, -0.25) is 9.59 Å². The zero-order valence-corrected chi connectivity index (χ0v) is 15.6. The van der Waals surface area contributed by atoms with E-state index in [4.69, 9.17) is 0 Å². The topological polar surface area (TPSA) is 99.3 Å². The summed E-state index contributed by atoms with van der Waals surface area (Å²) in [6.45, 7) is 3.40. The molecule has 27 heavy (non-hydrogen) atoms. The lowest BCUT2D eigenvalue weighted by molar-refractivity contribution is -0.120. The first kappa shape index (κ1) is 20.0. The number of benzene rings is 2. The Kier molecular flexibility index (Phi) is 6.93. The van der Waals surface area contributed by atoms with Crippen molar-refractivity contribution >= 4 is 29.2 Å². The summed E-state index contributed by atoms with van der Waals surface area (Å²) in [6, 6.07) is 13.8. The van der Waals surface area contributed by atoms with Gasteiger partial charge in [-0.25, -0.2) is 4.79 Å². The van der Waals surface area contributed by atoms with E-state index in [0.717, 1.165) is 11.1 Å². The van der Waals surface area contributed by atoms with Gasteiger partial charge in [0.05, 0.1) is 12.5 Å². The summed E-state index contributed by atoms with van der Waals surface area (Å²) < 4.78 is 0. The van der Waals surface area contributed by atoms with Gasteiger partial charge in [0.15, 0.2) is 0 Å². The van der Waals surface area contributed by atoms with Crippen LogP contribution in [0, 0.1) is 6.92 Å². The van der Waals surface area contributed by atoms with Crippen molar-refractivity contribution in [3.8, 4) is 0 Å². The summed E-state index contributed by atoms with van der Waals surface area (Å²) in [5.74, 6) is -0.448. The summed E-state index contributed by atoms with van der Waals surface area (Å²) in [7, 11) is 1.52. The van der Waals surface area contributed by atoms with Gasteiger partial charge >= 0.3 is 6.03 Å². The fourth-order valence-electron chi connectivity index (χ4n) is 2.56. The van der Waals surface area contributed by atoms with E-state index in [2.05, 4.69) is 21.3 Å². The first-order chi connectivity index (χ1) is 12.9. The number of rotatable bonds is 6. The minimum absolute atomic E-state index is 0.0930. The molecular weight excluding hydrogens is 344 g/mol. The number of carbonyl (C=O) groups excluding carboxylic acids is 3. The predicted octanol–water partition coefficient (Wildman–Crippen LogP) is 2.95. The quantitative estimate of drug-likeness (QED) is 0.631. The van der Waals surface area contributed by atoms with Crippen molar-refractivity contribution in [2.75, 3.05) is 17.7 Å². The van der Waals surface area contributed by atoms with Crippen LogP contribution in [-0.4, -0.2) is 24.9 Å². The maximum atomic E-state index is 12.5. The molecule has 0 bridgehead atoms. The smallest absolute Gasteiger partial charge is 0.318 e. The van der Waals surface area contributed by atoms with Gasteiger partial charge in [0.25, 0.3) is 0 Å². The van der Waals surface area contributed by atoms with E-state index in [0.29, 0.717) is 11.4 Å². The maximum Gasteiger partial charge on any atom is 0.318 e. The Morgan fingerprint density at radius 1 is 0.963 bits per heavy atom. The number of nitrogens with one attached hydrogen (secondary N) is 4. The molecule has 1 unspecified atom stereocenters. The largest absolute Gasteiger partial charge is 0.349 e. The number of anilines is 2. The number of aryl methyl sites for hydroxylation is 1. The molecule has 0 aliphatic rings. The molecule has 0 heterocycles. The van der Waals surface area contributed by atoms with Crippen molar-refractivity contribution in [1.82, 2.24) is 10.6 Å². The highest BCUT2D eigenvalue weighted by Gasteiger charge is 2.17. The molecule has 1 atom stereocenters. The molecule has 0 aliphatic heterocycles. The van der Waals surface area contributed by atoms with Crippen molar-refractivity contribution in [2.24, 2.45) is 0 Å². The van der Waals surface area contributed by atoms with Crippen molar-refractivity contribution in [3.05, 3.63) is 59.7 Å². The Hall–Kier alpha value is -3.35. The highest BCUT2D eigenvalue weighted by molar-refractivity contribution is 5.94. The maximum absolute atomic E-state index is 12.5. The van der Waals surface area contributed by atoms with Crippen LogP contribution in [0.15, 0.2) is 48.5 Å². The highest BCUT2D eigenvalue weighted by Crippen LogP contribution is 2.20. The molecule has 0 radical (unpaired) electrons. The van der Waals surface area contributed by atoms with Crippen LogP contribution in [0.5, 0.6) is 0 Å². The van der Waals surface area contributed by atoms with Crippen molar-refractivity contribution in [2.45, 2.75) is 26.3 Å². The van der Waals surface area contributed by atoms with Crippen LogP contribution in [0.2, 0.25) is 0 Å². The van der Waals surface area contributed by atoms with E-state index >= 15 is 0 Å². The fourth-order valence-corrected chi connectivity index (χ4v) is 2.56. The van der Waals surface area contributed by atoms with Gasteiger partial charge in [0.1, 0.15) is 0 Å². The van der Waals surface area contributed by atoms with Crippen LogP contribution in [0.4, 0.5) is 16.2 Å². The molecule has 7 heteroatoms. The Bertz CT molecular complexity index is 818. The average Bonchev–Trinajstić information content (AvgIpc) is 2.61. The van der Waals surface area contributed by atoms with E-state index < -0.39 is 6.04 Å². The van der Waals surface area contributed by atoms with Crippen LogP contribution in [0.25, 0.3) is 0 Å². The summed E-state index contributed by atoms with van der Waals surface area (Å²) in [5, 5.41) is 10.7. The minimum atomic E-state index is -0.421. The molecule has 2 rings (SSSR count). The lowest BCUT2D eigenvalue weighted by atomic mass is 10.0.